The molecule has 140 valence electrons. The van der Waals surface area contributed by atoms with Gasteiger partial charge in [-0.15, -0.1) is 11.8 Å². The molecule has 10 heteroatoms. The predicted octanol–water partition coefficient (Wildman–Crippen LogP) is 3.26. The monoisotopic (exact) mass is 412 g/mol. The summed E-state index contributed by atoms with van der Waals surface area (Å²) in [7, 11) is 0. The van der Waals surface area contributed by atoms with Crippen LogP contribution in [-0.2, 0) is 11.2 Å². The highest BCUT2D eigenvalue weighted by Gasteiger charge is 2.35. The van der Waals surface area contributed by atoms with Crippen LogP contribution in [0.1, 0.15) is 12.5 Å². The molecule has 1 aliphatic heterocycles. The Bertz CT molecular complexity index is 849. The molecule has 1 aromatic carbocycles. The average molecular weight is 413 g/mol. The number of amides is 1. The van der Waals surface area contributed by atoms with Crippen molar-refractivity contribution in [1.29, 1.82) is 0 Å². The number of aromatic nitrogens is 1. The zero-order valence-electron chi connectivity index (χ0n) is 14.1. The third-order valence-electron chi connectivity index (χ3n) is 4.20. The number of fused-ring (bicyclic) bond motifs is 1. The second-order valence-electron chi connectivity index (χ2n) is 5.82. The largest absolute Gasteiger partial charge is 0.361 e. The summed E-state index contributed by atoms with van der Waals surface area (Å²) < 4.78 is 0. The number of carbonyl (C=O) groups is 1. The molecule has 1 saturated heterocycles. The van der Waals surface area contributed by atoms with Gasteiger partial charge in [0.25, 0.3) is 5.69 Å². The standard InChI is InChI=1S/C16H16N4O3S.2H2S/c1-10(16(21)19-9-24-8-15(19)17-2)5-11-7-18-14-4-3-12(20(22)23)6-13(11)14;;/h3-4,6-7,10,15,18H,5,8-9H2,1H3;2*1H2/t10-,15+;;/m0../s1. The molecule has 2 atom stereocenters. The van der Waals surface area contributed by atoms with Crippen LogP contribution in [0.4, 0.5) is 5.69 Å². The Balaban J connectivity index is 0.00000169. The Kier molecular flexibility index (Phi) is 7.87. The van der Waals surface area contributed by atoms with Crippen LogP contribution in [0.2, 0.25) is 0 Å². The number of nitro groups is 1. The highest BCUT2D eigenvalue weighted by atomic mass is 32.2. The summed E-state index contributed by atoms with van der Waals surface area (Å²) in [4.78, 5) is 31.4. The molecule has 7 nitrogen and oxygen atoms in total. The molecule has 1 aliphatic rings. The molecular weight excluding hydrogens is 392 g/mol. The van der Waals surface area contributed by atoms with Gasteiger partial charge in [-0.2, -0.15) is 27.0 Å². The number of thioether (sulfide) groups is 1. The minimum atomic E-state index is -0.424. The maximum absolute atomic E-state index is 12.6. The number of carbonyl (C=O) groups excluding carboxylic acids is 1. The molecule has 0 spiro atoms. The minimum absolute atomic E-state index is 0. The molecule has 0 bridgehead atoms. The first-order valence-electron chi connectivity index (χ1n) is 7.50. The van der Waals surface area contributed by atoms with Gasteiger partial charge in [0, 0.05) is 35.2 Å². The van der Waals surface area contributed by atoms with Gasteiger partial charge in [0.2, 0.25) is 5.91 Å². The second-order valence-corrected chi connectivity index (χ2v) is 6.82. The Morgan fingerprint density at radius 2 is 2.27 bits per heavy atom. The molecule has 0 aliphatic carbocycles. The Morgan fingerprint density at radius 3 is 2.92 bits per heavy atom. The number of nitrogens with zero attached hydrogens (tertiary/aromatic N) is 3. The molecule has 1 N–H and O–H groups in total. The summed E-state index contributed by atoms with van der Waals surface area (Å²) in [6.45, 7) is 9.02. The minimum Gasteiger partial charge on any atom is -0.361 e. The van der Waals surface area contributed by atoms with Gasteiger partial charge in [0.1, 0.15) is 0 Å². The van der Waals surface area contributed by atoms with E-state index in [4.69, 9.17) is 6.57 Å². The first-order chi connectivity index (χ1) is 11.5. The van der Waals surface area contributed by atoms with E-state index in [0.29, 0.717) is 18.1 Å². The van der Waals surface area contributed by atoms with E-state index >= 15 is 0 Å². The number of aromatic amines is 1. The quantitative estimate of drug-likeness (QED) is 0.475. The van der Waals surface area contributed by atoms with E-state index in [1.807, 2.05) is 6.92 Å². The summed E-state index contributed by atoms with van der Waals surface area (Å²) in [5, 5.41) is 11.7. The van der Waals surface area contributed by atoms with Crippen molar-refractivity contribution >= 4 is 61.3 Å². The molecule has 0 radical (unpaired) electrons. The third kappa shape index (κ3) is 4.28. The number of rotatable bonds is 4. The van der Waals surface area contributed by atoms with Crippen LogP contribution in [-0.4, -0.2) is 38.5 Å². The van der Waals surface area contributed by atoms with Crippen LogP contribution < -0.4 is 0 Å². The van der Waals surface area contributed by atoms with Crippen molar-refractivity contribution in [2.75, 3.05) is 11.6 Å². The van der Waals surface area contributed by atoms with E-state index in [1.165, 1.54) is 12.1 Å². The summed E-state index contributed by atoms with van der Waals surface area (Å²) >= 11 is 1.59. The number of benzene rings is 1. The number of H-pyrrole nitrogens is 1. The smallest absolute Gasteiger partial charge is 0.310 e. The Hall–Kier alpha value is -1.83. The van der Waals surface area contributed by atoms with Gasteiger partial charge in [0.15, 0.2) is 0 Å². The maximum atomic E-state index is 12.6. The van der Waals surface area contributed by atoms with Crippen LogP contribution in [0.3, 0.4) is 0 Å². The van der Waals surface area contributed by atoms with Crippen LogP contribution >= 0.6 is 38.8 Å². The van der Waals surface area contributed by atoms with Crippen LogP contribution in [0.15, 0.2) is 24.4 Å². The fourth-order valence-corrected chi connectivity index (χ4v) is 3.97. The van der Waals surface area contributed by atoms with Crippen molar-refractivity contribution in [1.82, 2.24) is 9.88 Å². The van der Waals surface area contributed by atoms with E-state index in [9.17, 15) is 14.9 Å². The lowest BCUT2D eigenvalue weighted by atomic mass is 9.99. The van der Waals surface area contributed by atoms with Crippen molar-refractivity contribution in [3.63, 3.8) is 0 Å². The predicted molar refractivity (Wildman–Crippen MR) is 113 cm³/mol. The van der Waals surface area contributed by atoms with E-state index in [2.05, 4.69) is 9.83 Å². The molecule has 3 rings (SSSR count). The normalized spacial score (nSPS) is 17.1. The van der Waals surface area contributed by atoms with E-state index < -0.39 is 4.92 Å². The summed E-state index contributed by atoms with van der Waals surface area (Å²) in [5.74, 6) is 0.878. The topological polar surface area (TPSA) is 83.6 Å². The molecule has 1 fully saturated rings. The van der Waals surface area contributed by atoms with Crippen molar-refractivity contribution in [3.8, 4) is 0 Å². The zero-order valence-corrected chi connectivity index (χ0v) is 16.9. The fourth-order valence-electron chi connectivity index (χ4n) is 2.90. The average Bonchev–Trinajstić information content (AvgIpc) is 3.20. The van der Waals surface area contributed by atoms with Gasteiger partial charge in [-0.1, -0.05) is 6.92 Å². The molecule has 26 heavy (non-hydrogen) atoms. The van der Waals surface area contributed by atoms with E-state index in [0.717, 1.165) is 16.5 Å². The van der Waals surface area contributed by atoms with Crippen molar-refractivity contribution in [2.45, 2.75) is 19.5 Å². The van der Waals surface area contributed by atoms with Crippen molar-refractivity contribution < 1.29 is 9.72 Å². The molecule has 1 aromatic heterocycles. The number of hydrogen-bond donors (Lipinski definition) is 1. The number of hydrogen-bond acceptors (Lipinski definition) is 4. The van der Waals surface area contributed by atoms with Crippen LogP contribution in [0, 0.1) is 22.6 Å². The fraction of sp³-hybridized carbons (Fsp3) is 0.375. The van der Waals surface area contributed by atoms with Crippen LogP contribution in [0.25, 0.3) is 15.7 Å². The highest BCUT2D eigenvalue weighted by Crippen LogP contribution is 2.28. The summed E-state index contributed by atoms with van der Waals surface area (Å²) in [6, 6.07) is 4.67. The van der Waals surface area contributed by atoms with E-state index in [-0.39, 0.29) is 50.7 Å². The van der Waals surface area contributed by atoms with Crippen LogP contribution in [0.5, 0.6) is 0 Å². The summed E-state index contributed by atoms with van der Waals surface area (Å²) in [6.07, 6.45) is 1.89. The molecular formula is C16H20N4O3S3. The zero-order chi connectivity index (χ0) is 17.3. The van der Waals surface area contributed by atoms with Gasteiger partial charge in [-0.25, -0.2) is 6.57 Å². The van der Waals surface area contributed by atoms with E-state index in [1.54, 1.807) is 28.9 Å². The Labute approximate surface area is 169 Å². The highest BCUT2D eigenvalue weighted by molar-refractivity contribution is 7.99. The van der Waals surface area contributed by atoms with Gasteiger partial charge < -0.3 is 4.98 Å². The number of nitrogens with one attached hydrogen (secondary N) is 1. The van der Waals surface area contributed by atoms with Crippen molar-refractivity contribution in [3.05, 3.63) is 51.5 Å². The number of non-ortho nitro benzene ring substituents is 1. The first-order valence-corrected chi connectivity index (χ1v) is 8.66. The molecule has 0 unspecified atom stereocenters. The molecule has 2 heterocycles. The van der Waals surface area contributed by atoms with Gasteiger partial charge in [-0.3, -0.25) is 24.7 Å². The third-order valence-corrected chi connectivity index (χ3v) is 5.19. The Morgan fingerprint density at radius 1 is 1.54 bits per heavy atom. The lowest BCUT2D eigenvalue weighted by Gasteiger charge is -2.19. The molecule has 1 amide bonds. The van der Waals surface area contributed by atoms with Gasteiger partial charge in [0.05, 0.1) is 16.6 Å². The lowest BCUT2D eigenvalue weighted by Crippen LogP contribution is -2.38. The number of nitro benzene ring substituents is 1. The SMILES string of the molecule is S.S.[C-]#[N+][C@H]1CSCN1C(=O)[C@@H](C)Cc1c[nH]c2ccc([N+](=O)[O-])cc12. The lowest BCUT2D eigenvalue weighted by molar-refractivity contribution is -0.384. The second kappa shape index (κ2) is 9.21. The van der Waals surface area contributed by atoms with Gasteiger partial charge in [-0.05, 0) is 18.1 Å². The van der Waals surface area contributed by atoms with Crippen molar-refractivity contribution in [2.24, 2.45) is 5.92 Å². The molecule has 2 aromatic rings. The maximum Gasteiger partial charge on any atom is 0.310 e. The summed E-state index contributed by atoms with van der Waals surface area (Å²) in [5.41, 5.74) is 1.72. The first kappa shape index (κ1) is 22.2. The van der Waals surface area contributed by atoms with Gasteiger partial charge >= 0.3 is 6.17 Å². The molecule has 0 saturated carbocycles.